The molecule has 94 valence electrons. The highest BCUT2D eigenvalue weighted by molar-refractivity contribution is 5.98. The second kappa shape index (κ2) is 6.38. The Morgan fingerprint density at radius 3 is 2.00 bits per heavy atom. The Balaban J connectivity index is 2.09. The fraction of sp³-hybridized carbons (Fsp3) is 0.200. The Bertz CT molecular complexity index is 458. The number of hydrogen-bond donors (Lipinski definition) is 0. The summed E-state index contributed by atoms with van der Waals surface area (Å²) in [5, 5.41) is 0. The first kappa shape index (κ1) is 12.9. The van der Waals surface area contributed by atoms with Gasteiger partial charge in [0, 0.05) is 0 Å². The van der Waals surface area contributed by atoms with Crippen LogP contribution in [0.3, 0.4) is 0 Å². The SMILES string of the molecule is CC(Oc1ccccc1)C(O[SiH3])c1ccccc1. The Kier molecular flexibility index (Phi) is 4.56. The predicted octanol–water partition coefficient (Wildman–Crippen LogP) is 2.49. The third-order valence-corrected chi connectivity index (χ3v) is 3.38. The molecule has 2 atom stereocenters. The van der Waals surface area contributed by atoms with E-state index in [0.717, 1.165) is 11.3 Å². The molecule has 2 aromatic rings. The zero-order valence-corrected chi connectivity index (χ0v) is 12.7. The van der Waals surface area contributed by atoms with E-state index >= 15 is 0 Å². The molecule has 2 unspecified atom stereocenters. The molecule has 0 amide bonds. The first-order chi connectivity index (χ1) is 8.81. The summed E-state index contributed by atoms with van der Waals surface area (Å²) in [4.78, 5) is 0. The highest BCUT2D eigenvalue weighted by Gasteiger charge is 2.19. The van der Waals surface area contributed by atoms with Gasteiger partial charge in [-0.1, -0.05) is 48.5 Å². The van der Waals surface area contributed by atoms with Gasteiger partial charge < -0.3 is 9.16 Å². The molecular formula is C15H18O2Si. The second-order valence-electron chi connectivity index (χ2n) is 4.20. The van der Waals surface area contributed by atoms with Crippen molar-refractivity contribution in [2.24, 2.45) is 0 Å². The minimum Gasteiger partial charge on any atom is -0.488 e. The smallest absolute Gasteiger partial charge is 0.147 e. The van der Waals surface area contributed by atoms with Crippen LogP contribution in [0.1, 0.15) is 18.6 Å². The summed E-state index contributed by atoms with van der Waals surface area (Å²) >= 11 is 0. The third-order valence-electron chi connectivity index (χ3n) is 2.87. The molecule has 0 aromatic heterocycles. The van der Waals surface area contributed by atoms with Gasteiger partial charge in [-0.25, -0.2) is 0 Å². The molecule has 0 aliphatic carbocycles. The molecule has 2 nitrogen and oxygen atoms in total. The predicted molar refractivity (Wildman–Crippen MR) is 76.7 cm³/mol. The lowest BCUT2D eigenvalue weighted by molar-refractivity contribution is 0.0721. The summed E-state index contributed by atoms with van der Waals surface area (Å²) < 4.78 is 11.6. The van der Waals surface area contributed by atoms with Gasteiger partial charge in [0.05, 0.1) is 0 Å². The number of hydrogen-bond acceptors (Lipinski definition) is 2. The summed E-state index contributed by atoms with van der Waals surface area (Å²) in [6.45, 7) is 2.04. The minimum absolute atomic E-state index is 0.00178. The van der Waals surface area contributed by atoms with E-state index in [9.17, 15) is 0 Å². The average Bonchev–Trinajstić information content (AvgIpc) is 2.42. The number of ether oxygens (including phenoxy) is 1. The van der Waals surface area contributed by atoms with Crippen molar-refractivity contribution >= 4 is 10.5 Å². The third kappa shape index (κ3) is 3.21. The summed E-state index contributed by atoms with van der Waals surface area (Å²) in [7, 11) is 0.692. The van der Waals surface area contributed by atoms with Crippen LogP contribution < -0.4 is 4.74 Å². The van der Waals surface area contributed by atoms with E-state index in [1.807, 2.05) is 55.5 Å². The Morgan fingerprint density at radius 1 is 0.889 bits per heavy atom. The Morgan fingerprint density at radius 2 is 1.44 bits per heavy atom. The monoisotopic (exact) mass is 258 g/mol. The standard InChI is InChI=1S/C15H18O2Si/c1-12(16-14-10-6-3-7-11-14)15(17-18)13-8-4-2-5-9-13/h2-12,15H,1,18H3. The van der Waals surface area contributed by atoms with Gasteiger partial charge >= 0.3 is 0 Å². The fourth-order valence-corrected chi connectivity index (χ4v) is 2.67. The molecule has 0 aliphatic heterocycles. The fourth-order valence-electron chi connectivity index (χ4n) is 2.02. The zero-order chi connectivity index (χ0) is 12.8. The first-order valence-electron chi connectivity index (χ1n) is 6.10. The van der Waals surface area contributed by atoms with E-state index in [1.54, 1.807) is 0 Å². The molecule has 2 rings (SSSR count). The normalized spacial score (nSPS) is 14.1. The number of benzene rings is 2. The van der Waals surface area contributed by atoms with Gasteiger partial charge in [0.2, 0.25) is 0 Å². The van der Waals surface area contributed by atoms with Crippen molar-refractivity contribution in [1.29, 1.82) is 0 Å². The minimum atomic E-state index is -0.00713. The van der Waals surface area contributed by atoms with Gasteiger partial charge in [-0.3, -0.25) is 0 Å². The van der Waals surface area contributed by atoms with Crippen molar-refractivity contribution in [1.82, 2.24) is 0 Å². The molecule has 0 aliphatic rings. The van der Waals surface area contributed by atoms with E-state index < -0.39 is 0 Å². The van der Waals surface area contributed by atoms with Gasteiger partial charge in [0.15, 0.2) is 0 Å². The first-order valence-corrected chi connectivity index (χ1v) is 6.92. The highest BCUT2D eigenvalue weighted by atomic mass is 28.2. The van der Waals surface area contributed by atoms with Crippen molar-refractivity contribution in [3.8, 4) is 5.75 Å². The van der Waals surface area contributed by atoms with Crippen molar-refractivity contribution in [2.45, 2.75) is 19.1 Å². The molecule has 0 spiro atoms. The van der Waals surface area contributed by atoms with Crippen LogP contribution in [-0.4, -0.2) is 16.6 Å². The lowest BCUT2D eigenvalue weighted by Crippen LogP contribution is -2.23. The van der Waals surface area contributed by atoms with Crippen molar-refractivity contribution in [3.05, 3.63) is 66.2 Å². The van der Waals surface area contributed by atoms with Gasteiger partial charge in [0.25, 0.3) is 0 Å². The van der Waals surface area contributed by atoms with E-state index in [-0.39, 0.29) is 12.2 Å². The average molecular weight is 258 g/mol. The van der Waals surface area contributed by atoms with Gasteiger partial charge in [-0.05, 0) is 24.6 Å². The lowest BCUT2D eigenvalue weighted by Gasteiger charge is -2.24. The van der Waals surface area contributed by atoms with Crippen LogP contribution in [0.15, 0.2) is 60.7 Å². The molecule has 0 bridgehead atoms. The van der Waals surface area contributed by atoms with E-state index in [4.69, 9.17) is 9.16 Å². The molecule has 0 N–H and O–H groups in total. The second-order valence-corrected chi connectivity index (χ2v) is 4.67. The van der Waals surface area contributed by atoms with Gasteiger partial charge in [0.1, 0.15) is 28.4 Å². The van der Waals surface area contributed by atoms with E-state index in [1.165, 1.54) is 0 Å². The maximum absolute atomic E-state index is 5.92. The topological polar surface area (TPSA) is 18.5 Å². The highest BCUT2D eigenvalue weighted by Crippen LogP contribution is 2.24. The number of rotatable bonds is 5. The molecular weight excluding hydrogens is 240 g/mol. The van der Waals surface area contributed by atoms with Gasteiger partial charge in [-0.15, -0.1) is 0 Å². The molecule has 0 saturated carbocycles. The Hall–Kier alpha value is -1.58. The molecule has 0 saturated heterocycles. The summed E-state index contributed by atoms with van der Waals surface area (Å²) in [6, 6.07) is 20.1. The summed E-state index contributed by atoms with van der Waals surface area (Å²) in [6.07, 6.45) is -0.00891. The molecule has 18 heavy (non-hydrogen) atoms. The van der Waals surface area contributed by atoms with Crippen LogP contribution in [0.25, 0.3) is 0 Å². The van der Waals surface area contributed by atoms with Crippen LogP contribution in [0, 0.1) is 0 Å². The molecule has 3 heteroatoms. The number of para-hydroxylation sites is 1. The summed E-state index contributed by atoms with van der Waals surface area (Å²) in [5.41, 5.74) is 1.16. The maximum Gasteiger partial charge on any atom is 0.147 e. The van der Waals surface area contributed by atoms with Crippen molar-refractivity contribution < 1.29 is 9.16 Å². The molecule has 0 radical (unpaired) electrons. The van der Waals surface area contributed by atoms with Crippen molar-refractivity contribution in [3.63, 3.8) is 0 Å². The van der Waals surface area contributed by atoms with Crippen molar-refractivity contribution in [2.75, 3.05) is 0 Å². The summed E-state index contributed by atoms with van der Waals surface area (Å²) in [5.74, 6) is 0.879. The van der Waals surface area contributed by atoms with Crippen LogP contribution in [0.4, 0.5) is 0 Å². The van der Waals surface area contributed by atoms with Gasteiger partial charge in [-0.2, -0.15) is 0 Å². The molecule has 2 aromatic carbocycles. The largest absolute Gasteiger partial charge is 0.488 e. The molecule has 0 fully saturated rings. The van der Waals surface area contributed by atoms with Crippen LogP contribution in [0.5, 0.6) is 5.75 Å². The quantitative estimate of drug-likeness (QED) is 0.767. The molecule has 0 heterocycles. The van der Waals surface area contributed by atoms with Crippen LogP contribution >= 0.6 is 0 Å². The van der Waals surface area contributed by atoms with E-state index in [2.05, 4.69) is 12.1 Å². The van der Waals surface area contributed by atoms with Crippen LogP contribution in [-0.2, 0) is 4.43 Å². The zero-order valence-electron chi connectivity index (χ0n) is 10.7. The van der Waals surface area contributed by atoms with Crippen LogP contribution in [0.2, 0.25) is 0 Å². The lowest BCUT2D eigenvalue weighted by atomic mass is 10.1. The van der Waals surface area contributed by atoms with E-state index in [0.29, 0.717) is 10.5 Å². The Labute approximate surface area is 111 Å². The maximum atomic E-state index is 5.92.